The van der Waals surface area contributed by atoms with Crippen molar-refractivity contribution in [1.82, 2.24) is 0 Å². The van der Waals surface area contributed by atoms with Gasteiger partial charge >= 0.3 is 0 Å². The maximum atomic E-state index is 5.85. The van der Waals surface area contributed by atoms with E-state index >= 15 is 0 Å². The van der Waals surface area contributed by atoms with E-state index in [0.717, 1.165) is 13.1 Å². The molecule has 2 nitrogen and oxygen atoms in total. The normalized spacial score (nSPS) is 10.9. The lowest BCUT2D eigenvalue weighted by Crippen LogP contribution is -2.25. The van der Waals surface area contributed by atoms with Gasteiger partial charge in [-0.3, -0.25) is 0 Å². The Labute approximate surface area is 116 Å². The third kappa shape index (κ3) is 2.90. The smallest absolute Gasteiger partial charge is 0.0446 e. The molecule has 0 aromatic heterocycles. The van der Waals surface area contributed by atoms with Gasteiger partial charge in [-0.15, -0.1) is 0 Å². The number of fused-ring (bicyclic) bond motifs is 1. The van der Waals surface area contributed by atoms with Crippen molar-refractivity contribution in [2.24, 2.45) is 5.73 Å². The minimum Gasteiger partial charge on any atom is -0.371 e. The second-order valence-corrected chi connectivity index (χ2v) is 4.98. The van der Waals surface area contributed by atoms with Crippen molar-refractivity contribution >= 4 is 16.5 Å². The molecule has 0 aliphatic rings. The quantitative estimate of drug-likeness (QED) is 0.848. The second kappa shape index (κ2) is 6.58. The summed E-state index contributed by atoms with van der Waals surface area (Å²) in [6.07, 6.45) is 2.35. The molecule has 0 atom stereocenters. The first-order valence-corrected chi connectivity index (χ1v) is 7.27. The van der Waals surface area contributed by atoms with Gasteiger partial charge in [-0.2, -0.15) is 0 Å². The molecular formula is C17H24N2. The van der Waals surface area contributed by atoms with Gasteiger partial charge in [0.2, 0.25) is 0 Å². The third-order valence-corrected chi connectivity index (χ3v) is 3.54. The summed E-state index contributed by atoms with van der Waals surface area (Å²) in [7, 11) is 0. The van der Waals surface area contributed by atoms with Crippen molar-refractivity contribution in [2.75, 3.05) is 18.0 Å². The number of nitrogens with two attached hydrogens (primary N) is 1. The third-order valence-electron chi connectivity index (χ3n) is 3.54. The van der Waals surface area contributed by atoms with Gasteiger partial charge in [0.05, 0.1) is 0 Å². The standard InChI is InChI=1S/C17H24N2/c1-3-11-19(12-4-2)17-10-9-14(13-18)15-7-5-6-8-16(15)17/h5-10H,3-4,11-13,18H2,1-2H3. The summed E-state index contributed by atoms with van der Waals surface area (Å²) in [5.74, 6) is 0. The van der Waals surface area contributed by atoms with Crippen LogP contribution in [0.3, 0.4) is 0 Å². The van der Waals surface area contributed by atoms with Gasteiger partial charge in [0.25, 0.3) is 0 Å². The van der Waals surface area contributed by atoms with Crippen LogP contribution in [0.5, 0.6) is 0 Å². The van der Waals surface area contributed by atoms with Gasteiger partial charge < -0.3 is 10.6 Å². The van der Waals surface area contributed by atoms with Crippen molar-refractivity contribution in [3.63, 3.8) is 0 Å². The molecule has 0 aliphatic carbocycles. The van der Waals surface area contributed by atoms with E-state index in [-0.39, 0.29) is 0 Å². The molecule has 0 radical (unpaired) electrons. The molecule has 102 valence electrons. The Balaban J connectivity index is 2.53. The Morgan fingerprint density at radius 2 is 1.53 bits per heavy atom. The van der Waals surface area contributed by atoms with Crippen LogP contribution in [0.25, 0.3) is 10.8 Å². The zero-order valence-electron chi connectivity index (χ0n) is 12.0. The molecule has 0 spiro atoms. The SMILES string of the molecule is CCCN(CCC)c1ccc(CN)c2ccccc12. The molecule has 0 amide bonds. The van der Waals surface area contributed by atoms with Crippen molar-refractivity contribution in [3.05, 3.63) is 42.0 Å². The van der Waals surface area contributed by atoms with Crippen LogP contribution in [-0.2, 0) is 6.54 Å². The molecule has 0 bridgehead atoms. The average molecular weight is 256 g/mol. The highest BCUT2D eigenvalue weighted by Gasteiger charge is 2.10. The van der Waals surface area contributed by atoms with E-state index in [1.807, 2.05) is 0 Å². The van der Waals surface area contributed by atoms with Gasteiger partial charge in [-0.05, 0) is 29.9 Å². The molecule has 19 heavy (non-hydrogen) atoms. The Kier molecular flexibility index (Phi) is 4.80. The minimum absolute atomic E-state index is 0.600. The molecule has 0 saturated carbocycles. The summed E-state index contributed by atoms with van der Waals surface area (Å²) in [5, 5.41) is 2.62. The number of hydrogen-bond acceptors (Lipinski definition) is 2. The number of anilines is 1. The van der Waals surface area contributed by atoms with Crippen LogP contribution in [-0.4, -0.2) is 13.1 Å². The van der Waals surface area contributed by atoms with Crippen LogP contribution in [0.4, 0.5) is 5.69 Å². The summed E-state index contributed by atoms with van der Waals surface area (Å²) in [6, 6.07) is 13.0. The van der Waals surface area contributed by atoms with Gasteiger partial charge in [0.1, 0.15) is 0 Å². The fourth-order valence-corrected chi connectivity index (χ4v) is 2.69. The van der Waals surface area contributed by atoms with E-state index in [1.54, 1.807) is 0 Å². The Bertz CT molecular complexity index is 528. The first-order chi connectivity index (χ1) is 9.31. The van der Waals surface area contributed by atoms with E-state index in [9.17, 15) is 0 Å². The van der Waals surface area contributed by atoms with Crippen LogP contribution < -0.4 is 10.6 Å². The summed E-state index contributed by atoms with van der Waals surface area (Å²) < 4.78 is 0. The van der Waals surface area contributed by atoms with E-state index in [2.05, 4.69) is 55.1 Å². The molecule has 0 aliphatic heterocycles. The van der Waals surface area contributed by atoms with E-state index < -0.39 is 0 Å². The van der Waals surface area contributed by atoms with Crippen LogP contribution in [0, 0.1) is 0 Å². The summed E-state index contributed by atoms with van der Waals surface area (Å²) in [6.45, 7) is 7.29. The average Bonchev–Trinajstić information content (AvgIpc) is 2.46. The number of hydrogen-bond donors (Lipinski definition) is 1. The zero-order chi connectivity index (χ0) is 13.7. The molecule has 2 rings (SSSR count). The maximum Gasteiger partial charge on any atom is 0.0446 e. The van der Waals surface area contributed by atoms with E-state index in [4.69, 9.17) is 5.73 Å². The van der Waals surface area contributed by atoms with Crippen LogP contribution >= 0.6 is 0 Å². The summed E-state index contributed by atoms with van der Waals surface area (Å²) >= 11 is 0. The van der Waals surface area contributed by atoms with Gasteiger partial charge in [-0.25, -0.2) is 0 Å². The van der Waals surface area contributed by atoms with Crippen molar-refractivity contribution in [2.45, 2.75) is 33.2 Å². The fraction of sp³-hybridized carbons (Fsp3) is 0.412. The van der Waals surface area contributed by atoms with Crippen LogP contribution in [0.1, 0.15) is 32.3 Å². The Hall–Kier alpha value is -1.54. The monoisotopic (exact) mass is 256 g/mol. The van der Waals surface area contributed by atoms with Crippen molar-refractivity contribution in [3.8, 4) is 0 Å². The first kappa shape index (κ1) is 13.9. The predicted octanol–water partition coefficient (Wildman–Crippen LogP) is 3.92. The van der Waals surface area contributed by atoms with Gasteiger partial charge in [-0.1, -0.05) is 44.2 Å². The lowest BCUT2D eigenvalue weighted by atomic mass is 10.0. The molecule has 0 unspecified atom stereocenters. The van der Waals surface area contributed by atoms with Crippen LogP contribution in [0.15, 0.2) is 36.4 Å². The lowest BCUT2D eigenvalue weighted by Gasteiger charge is -2.26. The van der Waals surface area contributed by atoms with E-state index in [0.29, 0.717) is 6.54 Å². The van der Waals surface area contributed by atoms with E-state index in [1.165, 1.54) is 34.9 Å². The van der Waals surface area contributed by atoms with Gasteiger partial charge in [0.15, 0.2) is 0 Å². The molecule has 0 fully saturated rings. The molecule has 2 aromatic carbocycles. The molecule has 2 heteroatoms. The maximum absolute atomic E-state index is 5.85. The summed E-state index contributed by atoms with van der Waals surface area (Å²) in [5.41, 5.74) is 8.42. The molecule has 2 N–H and O–H groups in total. The first-order valence-electron chi connectivity index (χ1n) is 7.27. The largest absolute Gasteiger partial charge is 0.371 e. The highest BCUT2D eigenvalue weighted by atomic mass is 15.1. The summed E-state index contributed by atoms with van der Waals surface area (Å²) in [4.78, 5) is 2.49. The van der Waals surface area contributed by atoms with Crippen molar-refractivity contribution < 1.29 is 0 Å². The number of nitrogens with zero attached hydrogens (tertiary/aromatic N) is 1. The fourth-order valence-electron chi connectivity index (χ4n) is 2.69. The van der Waals surface area contributed by atoms with Gasteiger partial charge in [0, 0.05) is 30.7 Å². The lowest BCUT2D eigenvalue weighted by molar-refractivity contribution is 0.747. The minimum atomic E-state index is 0.600. The molecule has 0 heterocycles. The zero-order valence-corrected chi connectivity index (χ0v) is 12.0. The topological polar surface area (TPSA) is 29.3 Å². The predicted molar refractivity (Wildman–Crippen MR) is 84.6 cm³/mol. The molecule has 0 saturated heterocycles. The Morgan fingerprint density at radius 3 is 2.11 bits per heavy atom. The number of rotatable bonds is 6. The van der Waals surface area contributed by atoms with Crippen molar-refractivity contribution in [1.29, 1.82) is 0 Å². The molecule has 2 aromatic rings. The molecular weight excluding hydrogens is 232 g/mol. The highest BCUT2D eigenvalue weighted by Crippen LogP contribution is 2.29. The Morgan fingerprint density at radius 1 is 0.895 bits per heavy atom. The highest BCUT2D eigenvalue weighted by molar-refractivity contribution is 5.96. The number of benzene rings is 2. The van der Waals surface area contributed by atoms with Crippen LogP contribution in [0.2, 0.25) is 0 Å². The second-order valence-electron chi connectivity index (χ2n) is 4.98.